The van der Waals surface area contributed by atoms with Crippen molar-refractivity contribution in [3.8, 4) is 17.2 Å². The molecule has 0 saturated heterocycles. The quantitative estimate of drug-likeness (QED) is 0.696. The van der Waals surface area contributed by atoms with Gasteiger partial charge < -0.3 is 24.8 Å². The van der Waals surface area contributed by atoms with E-state index in [1.807, 2.05) is 6.07 Å². The lowest BCUT2D eigenvalue weighted by atomic mass is 10.2. The molecule has 0 bridgehead atoms. The number of hydrogen-bond acceptors (Lipinski definition) is 7. The molecule has 4 rings (SSSR count). The van der Waals surface area contributed by atoms with Crippen LogP contribution in [-0.4, -0.2) is 38.9 Å². The molecule has 2 aliphatic heterocycles. The average molecular weight is 446 g/mol. The number of hydrogen-bond donors (Lipinski definition) is 2. The molecule has 0 aromatic heterocycles. The normalized spacial score (nSPS) is 15.5. The lowest BCUT2D eigenvalue weighted by Crippen LogP contribution is -2.30. The molecular formula is C21H22N2O7S. The standard InChI is InChI=1S/C21H22N2O7S/c1-12-5-15-17(28-10-21(25)23-15)8-19(12)31(26,27)13(2)6-20(24)22-9-14-3-4-16-18(7-14)30-11-29-16/h3-5,7-8,13H,6,9-11H2,1-2H3,(H,22,24)(H,23,25). The Morgan fingerprint density at radius 3 is 2.71 bits per heavy atom. The number of amides is 2. The number of anilines is 1. The summed E-state index contributed by atoms with van der Waals surface area (Å²) in [6, 6.07) is 8.31. The summed E-state index contributed by atoms with van der Waals surface area (Å²) in [5.41, 5.74) is 1.72. The fraction of sp³-hybridized carbons (Fsp3) is 0.333. The first-order valence-corrected chi connectivity index (χ1v) is 11.2. The van der Waals surface area contributed by atoms with E-state index in [9.17, 15) is 18.0 Å². The van der Waals surface area contributed by atoms with Crippen molar-refractivity contribution in [3.63, 3.8) is 0 Å². The number of nitrogens with one attached hydrogen (secondary N) is 2. The summed E-state index contributed by atoms with van der Waals surface area (Å²) in [4.78, 5) is 23.9. The molecule has 0 aliphatic carbocycles. The van der Waals surface area contributed by atoms with Gasteiger partial charge in [0.2, 0.25) is 12.7 Å². The third-order valence-corrected chi connectivity index (χ3v) is 7.42. The van der Waals surface area contributed by atoms with Crippen LogP contribution in [-0.2, 0) is 26.0 Å². The number of sulfone groups is 1. The molecule has 9 nitrogen and oxygen atoms in total. The van der Waals surface area contributed by atoms with E-state index < -0.39 is 15.1 Å². The van der Waals surface area contributed by atoms with Gasteiger partial charge in [-0.05, 0) is 43.2 Å². The molecule has 2 aliphatic rings. The molecule has 164 valence electrons. The largest absolute Gasteiger partial charge is 0.482 e. The zero-order chi connectivity index (χ0) is 22.2. The van der Waals surface area contributed by atoms with Crippen LogP contribution < -0.4 is 24.8 Å². The second kappa shape index (κ2) is 8.10. The molecular weight excluding hydrogens is 424 g/mol. The van der Waals surface area contributed by atoms with Crippen LogP contribution >= 0.6 is 0 Å². The van der Waals surface area contributed by atoms with Crippen LogP contribution in [0, 0.1) is 6.92 Å². The Bertz CT molecular complexity index is 1160. The van der Waals surface area contributed by atoms with Crippen molar-refractivity contribution in [1.82, 2.24) is 5.32 Å². The fourth-order valence-corrected chi connectivity index (χ4v) is 5.02. The molecule has 10 heteroatoms. The van der Waals surface area contributed by atoms with Crippen molar-refractivity contribution in [3.05, 3.63) is 41.5 Å². The third kappa shape index (κ3) is 4.29. The number of rotatable bonds is 6. The van der Waals surface area contributed by atoms with E-state index >= 15 is 0 Å². The summed E-state index contributed by atoms with van der Waals surface area (Å²) in [5.74, 6) is 0.883. The maximum Gasteiger partial charge on any atom is 0.262 e. The Balaban J connectivity index is 1.42. The number of ether oxygens (including phenoxy) is 3. The van der Waals surface area contributed by atoms with E-state index in [0.29, 0.717) is 28.5 Å². The predicted molar refractivity (Wildman–Crippen MR) is 111 cm³/mol. The molecule has 0 saturated carbocycles. The number of benzene rings is 2. The van der Waals surface area contributed by atoms with E-state index in [4.69, 9.17) is 14.2 Å². The van der Waals surface area contributed by atoms with Crippen molar-refractivity contribution in [1.29, 1.82) is 0 Å². The van der Waals surface area contributed by atoms with E-state index in [1.54, 1.807) is 25.1 Å². The fourth-order valence-electron chi connectivity index (χ4n) is 3.43. The van der Waals surface area contributed by atoms with Crippen molar-refractivity contribution in [2.75, 3.05) is 18.7 Å². The molecule has 0 radical (unpaired) electrons. The van der Waals surface area contributed by atoms with Gasteiger partial charge in [0.15, 0.2) is 27.9 Å². The highest BCUT2D eigenvalue weighted by Crippen LogP contribution is 2.35. The van der Waals surface area contributed by atoms with Crippen LogP contribution in [0.4, 0.5) is 5.69 Å². The van der Waals surface area contributed by atoms with Gasteiger partial charge in [-0.1, -0.05) is 6.07 Å². The van der Waals surface area contributed by atoms with Crippen molar-refractivity contribution in [2.24, 2.45) is 0 Å². The minimum Gasteiger partial charge on any atom is -0.482 e. The van der Waals surface area contributed by atoms with E-state index in [0.717, 1.165) is 5.56 Å². The molecule has 1 atom stereocenters. The van der Waals surface area contributed by atoms with Gasteiger partial charge in [0.25, 0.3) is 5.91 Å². The highest BCUT2D eigenvalue weighted by Gasteiger charge is 2.29. The molecule has 2 amide bonds. The lowest BCUT2D eigenvalue weighted by Gasteiger charge is -2.21. The first kappa shape index (κ1) is 21.0. The summed E-state index contributed by atoms with van der Waals surface area (Å²) in [7, 11) is -3.79. The molecule has 2 aromatic rings. The van der Waals surface area contributed by atoms with E-state index in [2.05, 4.69) is 10.6 Å². The molecule has 0 fully saturated rings. The van der Waals surface area contributed by atoms with Crippen LogP contribution in [0.25, 0.3) is 0 Å². The Morgan fingerprint density at radius 2 is 1.90 bits per heavy atom. The predicted octanol–water partition coefficient (Wildman–Crippen LogP) is 1.92. The number of fused-ring (bicyclic) bond motifs is 2. The van der Waals surface area contributed by atoms with Crippen LogP contribution in [0.3, 0.4) is 0 Å². The Morgan fingerprint density at radius 1 is 1.13 bits per heavy atom. The lowest BCUT2D eigenvalue weighted by molar-refractivity contribution is -0.121. The maximum absolute atomic E-state index is 13.1. The summed E-state index contributed by atoms with van der Waals surface area (Å²) in [6.07, 6.45) is -0.193. The smallest absolute Gasteiger partial charge is 0.262 e. The van der Waals surface area contributed by atoms with Gasteiger partial charge in [-0.2, -0.15) is 0 Å². The van der Waals surface area contributed by atoms with Crippen LogP contribution in [0.1, 0.15) is 24.5 Å². The molecule has 1 unspecified atom stereocenters. The second-order valence-corrected chi connectivity index (χ2v) is 9.81. The van der Waals surface area contributed by atoms with Crippen LogP contribution in [0.2, 0.25) is 0 Å². The zero-order valence-electron chi connectivity index (χ0n) is 17.1. The average Bonchev–Trinajstić information content (AvgIpc) is 3.19. The highest BCUT2D eigenvalue weighted by atomic mass is 32.2. The van der Waals surface area contributed by atoms with Crippen LogP contribution in [0.5, 0.6) is 17.2 Å². The molecule has 0 spiro atoms. The summed E-state index contributed by atoms with van der Waals surface area (Å²) in [6.45, 7) is 3.37. The first-order valence-electron chi connectivity index (χ1n) is 9.70. The van der Waals surface area contributed by atoms with Gasteiger partial charge >= 0.3 is 0 Å². The van der Waals surface area contributed by atoms with Gasteiger partial charge in [0, 0.05) is 19.0 Å². The summed E-state index contributed by atoms with van der Waals surface area (Å²) in [5, 5.41) is 4.45. The monoisotopic (exact) mass is 446 g/mol. The molecule has 2 N–H and O–H groups in total. The van der Waals surface area contributed by atoms with Gasteiger partial charge in [-0.25, -0.2) is 8.42 Å². The van der Waals surface area contributed by atoms with Gasteiger partial charge in [-0.3, -0.25) is 9.59 Å². The van der Waals surface area contributed by atoms with E-state index in [1.165, 1.54) is 13.0 Å². The van der Waals surface area contributed by atoms with Crippen LogP contribution in [0.15, 0.2) is 35.2 Å². The zero-order valence-corrected chi connectivity index (χ0v) is 17.9. The SMILES string of the molecule is Cc1cc2c(cc1S(=O)(=O)C(C)CC(=O)NCc1ccc3c(c1)OCO3)OCC(=O)N2. The number of carbonyl (C=O) groups excluding carboxylic acids is 2. The molecule has 31 heavy (non-hydrogen) atoms. The number of carbonyl (C=O) groups is 2. The van der Waals surface area contributed by atoms with Crippen molar-refractivity contribution < 1.29 is 32.2 Å². The van der Waals surface area contributed by atoms with E-state index in [-0.39, 0.29) is 43.1 Å². The second-order valence-electron chi connectivity index (χ2n) is 7.47. The Hall–Kier alpha value is -3.27. The van der Waals surface area contributed by atoms with Gasteiger partial charge in [0.05, 0.1) is 15.8 Å². The molecule has 2 heterocycles. The first-order chi connectivity index (χ1) is 14.7. The summed E-state index contributed by atoms with van der Waals surface area (Å²) < 4.78 is 42.1. The summed E-state index contributed by atoms with van der Waals surface area (Å²) >= 11 is 0. The topological polar surface area (TPSA) is 120 Å². The van der Waals surface area contributed by atoms with Gasteiger partial charge in [-0.15, -0.1) is 0 Å². The Kier molecular flexibility index (Phi) is 5.48. The van der Waals surface area contributed by atoms with Crippen molar-refractivity contribution in [2.45, 2.75) is 37.0 Å². The van der Waals surface area contributed by atoms with Crippen molar-refractivity contribution >= 4 is 27.3 Å². The molecule has 2 aromatic carbocycles. The minimum absolute atomic E-state index is 0.0819. The third-order valence-electron chi connectivity index (χ3n) is 5.15. The minimum atomic E-state index is -3.79. The number of aryl methyl sites for hydroxylation is 1. The highest BCUT2D eigenvalue weighted by molar-refractivity contribution is 7.92. The Labute approximate surface area is 179 Å². The maximum atomic E-state index is 13.1. The van der Waals surface area contributed by atoms with Gasteiger partial charge in [0.1, 0.15) is 5.75 Å².